The van der Waals surface area contributed by atoms with Crippen LogP contribution >= 0.6 is 34.2 Å². The number of halogens is 3. The highest BCUT2D eigenvalue weighted by Crippen LogP contribution is 2.30. The van der Waals surface area contributed by atoms with Crippen LogP contribution in [-0.4, -0.2) is 33.6 Å². The molecule has 0 saturated carbocycles. The van der Waals surface area contributed by atoms with Crippen LogP contribution in [0.2, 0.25) is 5.02 Å². The quantitative estimate of drug-likeness (QED) is 0.281. The van der Waals surface area contributed by atoms with Crippen molar-refractivity contribution in [1.29, 1.82) is 0 Å². The van der Waals surface area contributed by atoms with E-state index in [9.17, 15) is 9.18 Å². The number of hydrogen-bond acceptors (Lipinski definition) is 5. The van der Waals surface area contributed by atoms with Crippen molar-refractivity contribution >= 4 is 57.1 Å². The van der Waals surface area contributed by atoms with Gasteiger partial charge < -0.3 is 10.4 Å². The summed E-state index contributed by atoms with van der Waals surface area (Å²) in [4.78, 5) is 21.4. The number of aromatic nitrogens is 2. The van der Waals surface area contributed by atoms with Crippen molar-refractivity contribution in [2.75, 3.05) is 18.5 Å². The molecule has 0 bridgehead atoms. The first-order chi connectivity index (χ1) is 12.5. The molecule has 0 spiro atoms. The second-order valence-corrected chi connectivity index (χ2v) is 6.81. The normalized spacial score (nSPS) is 10.9. The third-order valence-corrected chi connectivity index (χ3v) is 4.40. The number of anilines is 2. The number of hydroxylamine groups is 1. The summed E-state index contributed by atoms with van der Waals surface area (Å²) in [5, 5.41) is 11.8. The predicted molar refractivity (Wildman–Crippen MR) is 103 cm³/mol. The number of rotatable bonds is 6. The number of aliphatic hydroxyl groups is 1. The van der Waals surface area contributed by atoms with Crippen molar-refractivity contribution in [3.63, 3.8) is 0 Å². The van der Waals surface area contributed by atoms with Gasteiger partial charge in [0.1, 0.15) is 23.5 Å². The lowest BCUT2D eigenvalue weighted by Crippen LogP contribution is -2.27. The summed E-state index contributed by atoms with van der Waals surface area (Å²) in [6.07, 6.45) is 3.04. The minimum Gasteiger partial charge on any atom is -0.394 e. The lowest BCUT2D eigenvalue weighted by molar-refractivity contribution is 0.0169. The van der Waals surface area contributed by atoms with E-state index in [0.717, 1.165) is 3.57 Å². The lowest BCUT2D eigenvalue weighted by atomic mass is 10.2. The van der Waals surface area contributed by atoms with E-state index in [0.29, 0.717) is 5.52 Å². The van der Waals surface area contributed by atoms with Gasteiger partial charge in [0.2, 0.25) is 0 Å². The fraction of sp³-hybridized carbons (Fsp3) is 0.125. The molecule has 0 saturated heterocycles. The zero-order valence-electron chi connectivity index (χ0n) is 13.2. The van der Waals surface area contributed by atoms with Crippen molar-refractivity contribution in [1.82, 2.24) is 14.9 Å². The fourth-order valence-corrected chi connectivity index (χ4v) is 3.05. The summed E-state index contributed by atoms with van der Waals surface area (Å²) in [7, 11) is 0. The molecule has 0 fully saturated rings. The minimum atomic E-state index is -0.646. The molecule has 3 aromatic rings. The Morgan fingerprint density at radius 3 is 2.96 bits per heavy atom. The van der Waals surface area contributed by atoms with E-state index in [-0.39, 0.29) is 35.3 Å². The lowest BCUT2D eigenvalue weighted by Gasteiger charge is -2.16. The van der Waals surface area contributed by atoms with Crippen molar-refractivity contribution in [2.45, 2.75) is 0 Å². The SMILES string of the molecule is O=C(NOCCO)c1c(Cl)cc2cncn2c1Nc1ccc(I)cc1F. The molecular weight excluding hydrogens is 478 g/mol. The number of carbonyl (C=O) groups is 1. The Hall–Kier alpha value is -1.95. The summed E-state index contributed by atoms with van der Waals surface area (Å²) in [6.45, 7) is -0.335. The first-order valence-electron chi connectivity index (χ1n) is 7.41. The van der Waals surface area contributed by atoms with E-state index in [1.165, 1.54) is 12.4 Å². The summed E-state index contributed by atoms with van der Waals surface area (Å²) in [6, 6.07) is 6.21. The molecule has 0 aliphatic carbocycles. The molecule has 0 atom stereocenters. The van der Waals surface area contributed by atoms with Crippen LogP contribution in [0.3, 0.4) is 0 Å². The number of benzene rings is 1. The van der Waals surface area contributed by atoms with Crippen LogP contribution < -0.4 is 10.8 Å². The first-order valence-corrected chi connectivity index (χ1v) is 8.86. The highest BCUT2D eigenvalue weighted by Gasteiger charge is 2.21. The summed E-state index contributed by atoms with van der Waals surface area (Å²) < 4.78 is 16.6. The van der Waals surface area contributed by atoms with Crippen LogP contribution in [0.5, 0.6) is 0 Å². The largest absolute Gasteiger partial charge is 0.394 e. The third-order valence-electron chi connectivity index (χ3n) is 3.43. The maximum Gasteiger partial charge on any atom is 0.280 e. The van der Waals surface area contributed by atoms with E-state index in [4.69, 9.17) is 21.5 Å². The molecule has 0 aliphatic heterocycles. The smallest absolute Gasteiger partial charge is 0.280 e. The van der Waals surface area contributed by atoms with Crippen LogP contribution in [-0.2, 0) is 4.84 Å². The van der Waals surface area contributed by atoms with Crippen LogP contribution in [0, 0.1) is 9.39 Å². The molecule has 0 unspecified atom stereocenters. The number of aliphatic hydroxyl groups excluding tert-OH is 1. The van der Waals surface area contributed by atoms with Crippen molar-refractivity contribution in [3.8, 4) is 0 Å². The van der Waals surface area contributed by atoms with E-state index >= 15 is 0 Å². The van der Waals surface area contributed by atoms with Crippen LogP contribution in [0.1, 0.15) is 10.4 Å². The molecule has 0 aliphatic rings. The van der Waals surface area contributed by atoms with E-state index < -0.39 is 11.7 Å². The first kappa shape index (κ1) is 18.8. The van der Waals surface area contributed by atoms with E-state index in [1.54, 1.807) is 28.8 Å². The average molecular weight is 491 g/mol. The Morgan fingerprint density at radius 1 is 1.42 bits per heavy atom. The highest BCUT2D eigenvalue weighted by atomic mass is 127. The second kappa shape index (κ2) is 8.16. The maximum absolute atomic E-state index is 14.3. The van der Waals surface area contributed by atoms with Gasteiger partial charge in [-0.15, -0.1) is 0 Å². The van der Waals surface area contributed by atoms with Gasteiger partial charge in [0.15, 0.2) is 0 Å². The van der Waals surface area contributed by atoms with Gasteiger partial charge in [-0.3, -0.25) is 14.0 Å². The molecule has 3 N–H and O–H groups in total. The third kappa shape index (κ3) is 3.90. The number of amides is 1. The fourth-order valence-electron chi connectivity index (χ4n) is 2.30. The van der Waals surface area contributed by atoms with Crippen molar-refractivity contribution in [2.24, 2.45) is 0 Å². The average Bonchev–Trinajstić information content (AvgIpc) is 3.05. The molecule has 3 rings (SSSR count). The van der Waals surface area contributed by atoms with Crippen LogP contribution in [0.25, 0.3) is 5.52 Å². The Kier molecular flexibility index (Phi) is 5.91. The molecule has 26 heavy (non-hydrogen) atoms. The Labute approximate surface area is 166 Å². The number of carbonyl (C=O) groups excluding carboxylic acids is 1. The zero-order chi connectivity index (χ0) is 18.7. The molecule has 10 heteroatoms. The maximum atomic E-state index is 14.3. The predicted octanol–water partition coefficient (Wildman–Crippen LogP) is 3.13. The molecule has 136 valence electrons. The number of fused-ring (bicyclic) bond motifs is 1. The topological polar surface area (TPSA) is 87.9 Å². The van der Waals surface area contributed by atoms with Crippen molar-refractivity contribution in [3.05, 3.63) is 56.8 Å². The van der Waals surface area contributed by atoms with Gasteiger partial charge in [0.25, 0.3) is 5.91 Å². The zero-order valence-corrected chi connectivity index (χ0v) is 16.1. The van der Waals surface area contributed by atoms with Gasteiger partial charge in [0.05, 0.1) is 35.6 Å². The number of imidazole rings is 1. The van der Waals surface area contributed by atoms with Gasteiger partial charge in [-0.1, -0.05) is 11.6 Å². The van der Waals surface area contributed by atoms with Crippen molar-refractivity contribution < 1.29 is 19.1 Å². The molecule has 0 radical (unpaired) electrons. The molecule has 7 nitrogen and oxygen atoms in total. The van der Waals surface area contributed by atoms with Gasteiger partial charge in [0, 0.05) is 3.57 Å². The van der Waals surface area contributed by atoms with Gasteiger partial charge in [-0.2, -0.15) is 0 Å². The number of nitrogens with one attached hydrogen (secondary N) is 2. The molecule has 2 heterocycles. The molecule has 1 aromatic carbocycles. The van der Waals surface area contributed by atoms with Crippen LogP contribution in [0.15, 0.2) is 36.8 Å². The number of hydrogen-bond donors (Lipinski definition) is 3. The monoisotopic (exact) mass is 490 g/mol. The van der Waals surface area contributed by atoms with Gasteiger partial charge in [-0.25, -0.2) is 14.9 Å². The Balaban J connectivity index is 2.07. The minimum absolute atomic E-state index is 0.0491. The highest BCUT2D eigenvalue weighted by molar-refractivity contribution is 14.1. The molecule has 1 amide bonds. The standard InChI is InChI=1S/C16H13ClFIN4O3/c17-11-6-10-7-20-8-23(10)15(14(11)16(25)22-26-4-3-24)21-13-2-1-9(19)5-12(13)18/h1-2,5-8,21,24H,3-4H2,(H,22,25). The van der Waals surface area contributed by atoms with Crippen LogP contribution in [0.4, 0.5) is 15.9 Å². The van der Waals surface area contributed by atoms with E-state index in [1.807, 2.05) is 22.6 Å². The second-order valence-electron chi connectivity index (χ2n) is 5.16. The Morgan fingerprint density at radius 2 is 2.23 bits per heavy atom. The summed E-state index contributed by atoms with van der Waals surface area (Å²) in [5.74, 6) is -0.893. The molecular formula is C16H13ClFIN4O3. The Bertz CT molecular complexity index is 966. The van der Waals surface area contributed by atoms with Gasteiger partial charge >= 0.3 is 0 Å². The number of nitrogens with zero attached hydrogens (tertiary/aromatic N) is 2. The summed E-state index contributed by atoms with van der Waals surface area (Å²) in [5.41, 5.74) is 3.04. The van der Waals surface area contributed by atoms with E-state index in [2.05, 4.69) is 15.8 Å². The number of pyridine rings is 1. The molecule has 2 aromatic heterocycles. The van der Waals surface area contributed by atoms with Gasteiger partial charge in [-0.05, 0) is 46.9 Å². The summed E-state index contributed by atoms with van der Waals surface area (Å²) >= 11 is 8.26.